The molecule has 14 heavy (non-hydrogen) atoms. The van der Waals surface area contributed by atoms with Crippen LogP contribution in [0.4, 0.5) is 5.69 Å². The Labute approximate surface area is 85.7 Å². The van der Waals surface area contributed by atoms with E-state index >= 15 is 0 Å². The fraction of sp³-hybridized carbons (Fsp3) is 0.222. The lowest BCUT2D eigenvalue weighted by Crippen LogP contribution is -1.91. The SMILES string of the molecule is CCc1cc([N+](=O)[O-])ccc1SC#N. The molecule has 0 aliphatic heterocycles. The highest BCUT2D eigenvalue weighted by atomic mass is 32.2. The van der Waals surface area contributed by atoms with E-state index in [4.69, 9.17) is 5.26 Å². The van der Waals surface area contributed by atoms with E-state index in [-0.39, 0.29) is 5.69 Å². The number of nitriles is 1. The summed E-state index contributed by atoms with van der Waals surface area (Å²) in [6.07, 6.45) is 0.686. The summed E-state index contributed by atoms with van der Waals surface area (Å²) in [5, 5.41) is 20.9. The van der Waals surface area contributed by atoms with Crippen LogP contribution in [0.15, 0.2) is 23.1 Å². The molecule has 0 amide bonds. The zero-order valence-corrected chi connectivity index (χ0v) is 8.37. The number of non-ortho nitro benzene ring substituents is 1. The second kappa shape index (κ2) is 4.63. The van der Waals surface area contributed by atoms with Crippen molar-refractivity contribution in [3.63, 3.8) is 0 Å². The van der Waals surface area contributed by atoms with Crippen molar-refractivity contribution in [2.45, 2.75) is 18.2 Å². The van der Waals surface area contributed by atoms with Gasteiger partial charge in [0.15, 0.2) is 0 Å². The molecule has 1 aromatic carbocycles. The quantitative estimate of drug-likeness (QED) is 0.331. The number of thiocyanates is 1. The lowest BCUT2D eigenvalue weighted by molar-refractivity contribution is -0.385. The molecule has 0 spiro atoms. The minimum Gasteiger partial charge on any atom is -0.258 e. The van der Waals surface area contributed by atoms with Crippen molar-refractivity contribution in [2.24, 2.45) is 0 Å². The van der Waals surface area contributed by atoms with Crippen molar-refractivity contribution in [3.8, 4) is 5.40 Å². The molecule has 0 aliphatic rings. The number of hydrogen-bond donors (Lipinski definition) is 0. The smallest absolute Gasteiger partial charge is 0.258 e. The van der Waals surface area contributed by atoms with Crippen LogP contribution in [0.25, 0.3) is 0 Å². The topological polar surface area (TPSA) is 66.9 Å². The van der Waals surface area contributed by atoms with Gasteiger partial charge >= 0.3 is 0 Å². The summed E-state index contributed by atoms with van der Waals surface area (Å²) in [5.74, 6) is 0. The molecule has 72 valence electrons. The van der Waals surface area contributed by atoms with Gasteiger partial charge in [0, 0.05) is 17.0 Å². The van der Waals surface area contributed by atoms with E-state index in [0.717, 1.165) is 22.2 Å². The zero-order valence-electron chi connectivity index (χ0n) is 7.56. The van der Waals surface area contributed by atoms with Crippen molar-refractivity contribution >= 4 is 17.4 Å². The first kappa shape index (κ1) is 10.5. The van der Waals surface area contributed by atoms with Gasteiger partial charge in [-0.25, -0.2) is 0 Å². The second-order valence-electron chi connectivity index (χ2n) is 2.60. The summed E-state index contributed by atoms with van der Waals surface area (Å²) >= 11 is 1.03. The fourth-order valence-corrected chi connectivity index (χ4v) is 1.67. The Morgan fingerprint density at radius 1 is 1.64 bits per heavy atom. The monoisotopic (exact) mass is 208 g/mol. The van der Waals surface area contributed by atoms with Crippen LogP contribution in [-0.2, 0) is 6.42 Å². The summed E-state index contributed by atoms with van der Waals surface area (Å²) in [6, 6.07) is 4.54. The van der Waals surface area contributed by atoms with Gasteiger partial charge in [-0.05, 0) is 29.8 Å². The minimum atomic E-state index is -0.431. The third-order valence-corrected chi connectivity index (χ3v) is 2.50. The molecule has 1 aromatic rings. The van der Waals surface area contributed by atoms with Crippen LogP contribution >= 0.6 is 11.8 Å². The molecule has 0 heterocycles. The zero-order chi connectivity index (χ0) is 10.6. The first-order valence-electron chi connectivity index (χ1n) is 4.02. The van der Waals surface area contributed by atoms with Crippen molar-refractivity contribution in [3.05, 3.63) is 33.9 Å². The summed E-state index contributed by atoms with van der Waals surface area (Å²) < 4.78 is 0. The predicted molar refractivity (Wildman–Crippen MR) is 53.9 cm³/mol. The first-order chi connectivity index (χ1) is 6.69. The number of aryl methyl sites for hydroxylation is 1. The molecule has 0 atom stereocenters. The second-order valence-corrected chi connectivity index (χ2v) is 3.42. The van der Waals surface area contributed by atoms with Crippen LogP contribution in [0.1, 0.15) is 12.5 Å². The maximum absolute atomic E-state index is 10.5. The molecule has 0 radical (unpaired) electrons. The molecule has 4 nitrogen and oxygen atoms in total. The molecule has 0 bridgehead atoms. The van der Waals surface area contributed by atoms with E-state index in [2.05, 4.69) is 0 Å². The third kappa shape index (κ3) is 2.24. The van der Waals surface area contributed by atoms with Gasteiger partial charge in [0.2, 0.25) is 0 Å². The predicted octanol–water partition coefficient (Wildman–Crippen LogP) is 2.73. The maximum Gasteiger partial charge on any atom is 0.269 e. The molecular weight excluding hydrogens is 200 g/mol. The van der Waals surface area contributed by atoms with Crippen LogP contribution < -0.4 is 0 Å². The van der Waals surface area contributed by atoms with Gasteiger partial charge in [-0.3, -0.25) is 10.1 Å². The molecule has 0 saturated heterocycles. The molecular formula is C9H8N2O2S. The van der Waals surface area contributed by atoms with Gasteiger partial charge < -0.3 is 0 Å². The molecule has 0 aromatic heterocycles. The van der Waals surface area contributed by atoms with E-state index in [1.807, 2.05) is 12.3 Å². The summed E-state index contributed by atoms with van der Waals surface area (Å²) in [4.78, 5) is 10.8. The highest BCUT2D eigenvalue weighted by Gasteiger charge is 2.09. The Kier molecular flexibility index (Phi) is 3.48. The fourth-order valence-electron chi connectivity index (χ4n) is 1.10. The Bertz CT molecular complexity index is 398. The first-order valence-corrected chi connectivity index (χ1v) is 4.84. The minimum absolute atomic E-state index is 0.0733. The average molecular weight is 208 g/mol. The molecule has 1 rings (SSSR count). The molecule has 0 aliphatic carbocycles. The molecule has 0 unspecified atom stereocenters. The lowest BCUT2D eigenvalue weighted by atomic mass is 10.1. The summed E-state index contributed by atoms with van der Waals surface area (Å²) in [5.41, 5.74) is 0.912. The maximum atomic E-state index is 10.5. The number of nitrogens with zero attached hydrogens (tertiary/aromatic N) is 2. The van der Waals surface area contributed by atoms with E-state index in [9.17, 15) is 10.1 Å². The van der Waals surface area contributed by atoms with Gasteiger partial charge in [-0.1, -0.05) is 6.92 Å². The molecule has 0 saturated carbocycles. The number of benzene rings is 1. The third-order valence-electron chi connectivity index (χ3n) is 1.79. The molecule has 0 fully saturated rings. The Balaban J connectivity index is 3.12. The average Bonchev–Trinajstić information content (AvgIpc) is 2.18. The van der Waals surface area contributed by atoms with Crippen molar-refractivity contribution < 1.29 is 4.92 Å². The van der Waals surface area contributed by atoms with E-state index in [1.54, 1.807) is 6.07 Å². The van der Waals surface area contributed by atoms with Crippen LogP contribution in [0, 0.1) is 20.8 Å². The van der Waals surface area contributed by atoms with Crippen LogP contribution in [0.5, 0.6) is 0 Å². The Morgan fingerprint density at radius 3 is 2.86 bits per heavy atom. The van der Waals surface area contributed by atoms with Crippen molar-refractivity contribution in [1.29, 1.82) is 5.26 Å². The normalized spacial score (nSPS) is 9.43. The number of nitro groups is 1. The van der Waals surface area contributed by atoms with Gasteiger partial charge in [0.05, 0.1) is 4.92 Å². The highest BCUT2D eigenvalue weighted by molar-refractivity contribution is 8.03. The van der Waals surface area contributed by atoms with Crippen molar-refractivity contribution in [1.82, 2.24) is 0 Å². The van der Waals surface area contributed by atoms with Crippen LogP contribution in [0.3, 0.4) is 0 Å². The number of rotatable bonds is 3. The van der Waals surface area contributed by atoms with E-state index in [1.165, 1.54) is 12.1 Å². The highest BCUT2D eigenvalue weighted by Crippen LogP contribution is 2.26. The van der Waals surface area contributed by atoms with Crippen LogP contribution in [-0.4, -0.2) is 4.92 Å². The number of hydrogen-bond acceptors (Lipinski definition) is 4. The Hall–Kier alpha value is -1.54. The van der Waals surface area contributed by atoms with Gasteiger partial charge in [0.1, 0.15) is 5.40 Å². The number of thioether (sulfide) groups is 1. The number of nitro benzene ring substituents is 1. The van der Waals surface area contributed by atoms with E-state index in [0.29, 0.717) is 6.42 Å². The Morgan fingerprint density at radius 2 is 2.36 bits per heavy atom. The molecule has 0 N–H and O–H groups in total. The summed E-state index contributed by atoms with van der Waals surface area (Å²) in [6.45, 7) is 1.90. The van der Waals surface area contributed by atoms with Gasteiger partial charge in [-0.15, -0.1) is 0 Å². The van der Waals surface area contributed by atoms with E-state index < -0.39 is 4.92 Å². The van der Waals surface area contributed by atoms with Gasteiger partial charge in [0.25, 0.3) is 5.69 Å². The lowest BCUT2D eigenvalue weighted by Gasteiger charge is -2.02. The molecule has 5 heteroatoms. The standard InChI is InChI=1S/C9H8N2O2S/c1-2-7-5-8(11(12)13)3-4-9(7)14-6-10/h3-5H,2H2,1H3. The largest absolute Gasteiger partial charge is 0.269 e. The van der Waals surface area contributed by atoms with Crippen LogP contribution in [0.2, 0.25) is 0 Å². The van der Waals surface area contributed by atoms with Gasteiger partial charge in [-0.2, -0.15) is 5.26 Å². The summed E-state index contributed by atoms with van der Waals surface area (Å²) in [7, 11) is 0. The van der Waals surface area contributed by atoms with Crippen molar-refractivity contribution in [2.75, 3.05) is 0 Å².